The summed E-state index contributed by atoms with van der Waals surface area (Å²) < 4.78 is 75.6. The Morgan fingerprint density at radius 2 is 1.75 bits per heavy atom. The van der Waals surface area contributed by atoms with Gasteiger partial charge in [-0.25, -0.2) is 0 Å². The Kier molecular flexibility index (Phi) is 8.65. The number of rotatable bonds is 4. The normalized spacial score (nSPS) is 13.9. The van der Waals surface area contributed by atoms with E-state index in [4.69, 9.17) is 0 Å². The molecule has 0 N–H and O–H groups in total. The van der Waals surface area contributed by atoms with Crippen LogP contribution in [0.4, 0.5) is 26.1 Å². The Morgan fingerprint density at radius 1 is 1.31 bits per heavy atom. The molecule has 2 nitrogen and oxygen atoms in total. The van der Waals surface area contributed by atoms with Crippen molar-refractivity contribution in [2.24, 2.45) is 0 Å². The van der Waals surface area contributed by atoms with Gasteiger partial charge in [-0.3, -0.25) is 4.79 Å². The quantitative estimate of drug-likeness (QED) is 0.401. The number of carbonyl (C=O) groups is 1. The first kappa shape index (κ1) is 19.1. The van der Waals surface area contributed by atoms with Crippen molar-refractivity contribution in [3.05, 3.63) is 0 Å². The maximum absolute atomic E-state index is 12.0. The number of hydrogen-bond donors (Lipinski definition) is 0. The van der Waals surface area contributed by atoms with E-state index in [1.54, 1.807) is 0 Å². The molecule has 0 fully saturated rings. The van der Waals surface area contributed by atoms with Crippen molar-refractivity contribution >= 4 is 12.9 Å². The number of carbonyl (C=O) groups excluding carboxylic acids is 1. The maximum Gasteiger partial charge on any atom is 1.00 e. The van der Waals surface area contributed by atoms with Gasteiger partial charge in [-0.15, -0.1) is 0 Å². The molecule has 1 atom stereocenters. The minimum absolute atomic E-state index is 0. The third-order valence-electron chi connectivity index (χ3n) is 1.57. The SMILES string of the molecule is CCOC(=O)CC([B-](F)(F)F)C(F)(F)F.[K+]. The molecule has 0 saturated carbocycles. The Balaban J connectivity index is 0. The zero-order valence-corrected chi connectivity index (χ0v) is 11.8. The second-order valence-corrected chi connectivity index (χ2v) is 2.78. The molecule has 0 aromatic carbocycles. The van der Waals surface area contributed by atoms with Crippen LogP contribution in [0.3, 0.4) is 0 Å². The van der Waals surface area contributed by atoms with Crippen molar-refractivity contribution in [1.29, 1.82) is 0 Å². The molecule has 16 heavy (non-hydrogen) atoms. The summed E-state index contributed by atoms with van der Waals surface area (Å²) in [5.74, 6) is -5.10. The van der Waals surface area contributed by atoms with Crippen molar-refractivity contribution < 1.29 is 87.0 Å². The van der Waals surface area contributed by atoms with E-state index in [-0.39, 0.29) is 58.0 Å². The van der Waals surface area contributed by atoms with E-state index in [0.29, 0.717) is 0 Å². The molecule has 90 valence electrons. The largest absolute Gasteiger partial charge is 1.00 e. The third kappa shape index (κ3) is 7.15. The average Bonchev–Trinajstić information content (AvgIpc) is 1.96. The first-order chi connectivity index (χ1) is 6.59. The molecule has 0 aromatic rings. The fourth-order valence-electron chi connectivity index (χ4n) is 0.863. The fraction of sp³-hybridized carbons (Fsp3) is 0.833. The number of ether oxygens (including phenoxy) is 1. The second-order valence-electron chi connectivity index (χ2n) is 2.78. The number of esters is 1. The monoisotopic (exact) mass is 276 g/mol. The van der Waals surface area contributed by atoms with Crippen molar-refractivity contribution in [3.63, 3.8) is 0 Å². The van der Waals surface area contributed by atoms with E-state index in [1.165, 1.54) is 6.92 Å². The van der Waals surface area contributed by atoms with Gasteiger partial charge in [0.2, 0.25) is 0 Å². The number of hydrogen-bond acceptors (Lipinski definition) is 2. The summed E-state index contributed by atoms with van der Waals surface area (Å²) in [5.41, 5.74) is 0. The predicted octanol–water partition coefficient (Wildman–Crippen LogP) is -0.276. The molecule has 1 unspecified atom stereocenters. The van der Waals surface area contributed by atoms with Gasteiger partial charge in [0.15, 0.2) is 0 Å². The van der Waals surface area contributed by atoms with Gasteiger partial charge < -0.3 is 17.7 Å². The Morgan fingerprint density at radius 3 is 2.00 bits per heavy atom. The Labute approximate surface area is 131 Å². The first-order valence-corrected chi connectivity index (χ1v) is 4.01. The summed E-state index contributed by atoms with van der Waals surface area (Å²) in [5, 5.41) is 0. The summed E-state index contributed by atoms with van der Waals surface area (Å²) >= 11 is 0. The molecule has 0 amide bonds. The second kappa shape index (κ2) is 7.24. The van der Waals surface area contributed by atoms with Crippen LogP contribution in [0.5, 0.6) is 0 Å². The van der Waals surface area contributed by atoms with Crippen molar-refractivity contribution in [2.75, 3.05) is 6.61 Å². The van der Waals surface area contributed by atoms with Crippen LogP contribution in [0.25, 0.3) is 0 Å². The molecule has 0 heterocycles. The first-order valence-electron chi connectivity index (χ1n) is 4.01. The summed E-state index contributed by atoms with van der Waals surface area (Å²) in [6.07, 6.45) is -7.17. The zero-order chi connectivity index (χ0) is 12.3. The molecule has 10 heteroatoms. The van der Waals surface area contributed by atoms with Crippen molar-refractivity contribution in [2.45, 2.75) is 25.3 Å². The van der Waals surface area contributed by atoms with E-state index in [0.717, 1.165) is 0 Å². The average molecular weight is 276 g/mol. The molecule has 0 spiro atoms. The Hall–Kier alpha value is 0.751. The summed E-state index contributed by atoms with van der Waals surface area (Å²) in [4.78, 5) is 10.5. The van der Waals surface area contributed by atoms with E-state index in [2.05, 4.69) is 4.74 Å². The smallest absolute Gasteiger partial charge is 0.466 e. The van der Waals surface area contributed by atoms with Crippen LogP contribution in [-0.2, 0) is 9.53 Å². The van der Waals surface area contributed by atoms with Crippen molar-refractivity contribution in [3.8, 4) is 0 Å². The van der Waals surface area contributed by atoms with Gasteiger partial charge in [0.1, 0.15) is 0 Å². The number of alkyl halides is 3. The van der Waals surface area contributed by atoms with Crippen molar-refractivity contribution in [1.82, 2.24) is 0 Å². The van der Waals surface area contributed by atoms with E-state index < -0.39 is 31.4 Å². The number of halogens is 6. The van der Waals surface area contributed by atoms with Gasteiger partial charge in [0.05, 0.1) is 6.61 Å². The minimum atomic E-state index is -6.15. The fourth-order valence-corrected chi connectivity index (χ4v) is 0.863. The van der Waals surface area contributed by atoms with E-state index in [9.17, 15) is 30.9 Å². The van der Waals surface area contributed by atoms with Crippen LogP contribution in [0.2, 0.25) is 5.82 Å². The van der Waals surface area contributed by atoms with Crippen LogP contribution in [-0.4, -0.2) is 25.7 Å². The topological polar surface area (TPSA) is 26.3 Å². The van der Waals surface area contributed by atoms with Gasteiger partial charge in [-0.1, -0.05) is 0 Å². The van der Waals surface area contributed by atoms with Crippen LogP contribution < -0.4 is 51.4 Å². The zero-order valence-electron chi connectivity index (χ0n) is 8.65. The van der Waals surface area contributed by atoms with Crippen LogP contribution in [0.1, 0.15) is 13.3 Å². The molecule has 0 bridgehead atoms. The summed E-state index contributed by atoms with van der Waals surface area (Å²) in [6.45, 7) is -5.11. The molecular weight excluding hydrogens is 268 g/mol. The maximum atomic E-state index is 12.0. The molecule has 0 aromatic heterocycles. The Bertz CT molecular complexity index is 214. The van der Waals surface area contributed by atoms with Crippen LogP contribution in [0.15, 0.2) is 0 Å². The van der Waals surface area contributed by atoms with Gasteiger partial charge in [-0.05, 0) is 6.92 Å². The van der Waals surface area contributed by atoms with E-state index >= 15 is 0 Å². The van der Waals surface area contributed by atoms with Gasteiger partial charge in [0.25, 0.3) is 0 Å². The predicted molar refractivity (Wildman–Crippen MR) is 40.1 cm³/mol. The van der Waals surface area contributed by atoms with Gasteiger partial charge >= 0.3 is 70.5 Å². The molecule has 0 aliphatic carbocycles. The van der Waals surface area contributed by atoms with Gasteiger partial charge in [-0.2, -0.15) is 13.2 Å². The molecular formula is C6H8BF6KO2. The molecule has 0 aliphatic heterocycles. The van der Waals surface area contributed by atoms with Crippen LogP contribution in [0, 0.1) is 0 Å². The third-order valence-corrected chi connectivity index (χ3v) is 1.57. The van der Waals surface area contributed by atoms with Crippen LogP contribution >= 0.6 is 0 Å². The van der Waals surface area contributed by atoms with E-state index in [1.807, 2.05) is 0 Å². The molecule has 0 saturated heterocycles. The standard InChI is InChI=1S/C6H8BF6O2.K/c1-2-15-5(14)3-4(6(8,9)10)7(11,12)13;/h4H,2-3H2,1H3;/q-1;+1. The summed E-state index contributed by atoms with van der Waals surface area (Å²) in [6, 6.07) is 0. The molecule has 0 rings (SSSR count). The molecule has 0 radical (unpaired) electrons. The minimum Gasteiger partial charge on any atom is -0.466 e. The molecule has 0 aliphatic rings. The van der Waals surface area contributed by atoms with Gasteiger partial charge in [0, 0.05) is 12.2 Å². The summed E-state index contributed by atoms with van der Waals surface area (Å²) in [7, 11) is 0.